The summed E-state index contributed by atoms with van der Waals surface area (Å²) < 4.78 is 16.2. The van der Waals surface area contributed by atoms with Crippen molar-refractivity contribution in [3.05, 3.63) is 17.7 Å². The summed E-state index contributed by atoms with van der Waals surface area (Å²) >= 11 is 0. The van der Waals surface area contributed by atoms with Crippen LogP contribution in [0.4, 0.5) is 0 Å². The van der Waals surface area contributed by atoms with Crippen LogP contribution in [-0.4, -0.2) is 27.4 Å². The van der Waals surface area contributed by atoms with Gasteiger partial charge in [-0.2, -0.15) is 0 Å². The molecule has 4 nitrogen and oxygen atoms in total. The number of methoxy groups -OCH3 is 3. The molecular formula is C16H26NO3+. The standard InChI is InChI=1S/C16H25NO3/c1-18-14-10-16(20-3)15(19-2)9-12(14)11-17-13-7-5-4-6-8-13/h9-10,13,17H,4-8,11H2,1-3H3/p+1. The highest BCUT2D eigenvalue weighted by Gasteiger charge is 2.18. The normalized spacial score (nSPS) is 15.9. The van der Waals surface area contributed by atoms with Crippen LogP contribution in [-0.2, 0) is 6.54 Å². The summed E-state index contributed by atoms with van der Waals surface area (Å²) in [6, 6.07) is 4.68. The monoisotopic (exact) mass is 280 g/mol. The number of hydrogen-bond donors (Lipinski definition) is 1. The molecule has 0 unspecified atom stereocenters. The van der Waals surface area contributed by atoms with Crippen LogP contribution in [0.15, 0.2) is 12.1 Å². The number of hydrogen-bond acceptors (Lipinski definition) is 3. The Kier molecular flexibility index (Phi) is 5.53. The van der Waals surface area contributed by atoms with Crippen LogP contribution in [0.1, 0.15) is 37.7 Å². The molecule has 0 bridgehead atoms. The van der Waals surface area contributed by atoms with Gasteiger partial charge in [0.05, 0.1) is 32.9 Å². The van der Waals surface area contributed by atoms with Crippen LogP contribution in [0.25, 0.3) is 0 Å². The Hall–Kier alpha value is -1.42. The van der Waals surface area contributed by atoms with Gasteiger partial charge in [0.1, 0.15) is 12.3 Å². The molecular weight excluding hydrogens is 254 g/mol. The molecule has 4 heteroatoms. The Morgan fingerprint density at radius 3 is 2.10 bits per heavy atom. The lowest BCUT2D eigenvalue weighted by Crippen LogP contribution is -2.88. The van der Waals surface area contributed by atoms with E-state index in [1.54, 1.807) is 21.3 Å². The van der Waals surface area contributed by atoms with Gasteiger partial charge in [0.25, 0.3) is 0 Å². The van der Waals surface area contributed by atoms with Crippen molar-refractivity contribution >= 4 is 0 Å². The van der Waals surface area contributed by atoms with Gasteiger partial charge in [-0.25, -0.2) is 0 Å². The summed E-state index contributed by atoms with van der Waals surface area (Å²) in [5.41, 5.74) is 1.16. The van der Waals surface area contributed by atoms with Gasteiger partial charge in [0, 0.05) is 6.07 Å². The zero-order valence-corrected chi connectivity index (χ0v) is 12.8. The molecule has 0 atom stereocenters. The Labute approximate surface area is 121 Å². The van der Waals surface area contributed by atoms with E-state index in [4.69, 9.17) is 14.2 Å². The van der Waals surface area contributed by atoms with Crippen molar-refractivity contribution in [1.82, 2.24) is 0 Å². The van der Waals surface area contributed by atoms with Crippen molar-refractivity contribution in [3.63, 3.8) is 0 Å². The molecule has 0 spiro atoms. The van der Waals surface area contributed by atoms with Crippen molar-refractivity contribution in [3.8, 4) is 17.2 Å². The van der Waals surface area contributed by atoms with Gasteiger partial charge in [-0.05, 0) is 31.7 Å². The number of rotatable bonds is 6. The molecule has 0 radical (unpaired) electrons. The predicted octanol–water partition coefficient (Wildman–Crippen LogP) is 2.11. The minimum Gasteiger partial charge on any atom is -0.496 e. The second-order valence-electron chi connectivity index (χ2n) is 5.36. The highest BCUT2D eigenvalue weighted by atomic mass is 16.5. The first-order valence-electron chi connectivity index (χ1n) is 7.40. The van der Waals surface area contributed by atoms with Crippen LogP contribution in [0, 0.1) is 0 Å². The topological polar surface area (TPSA) is 44.3 Å². The number of quaternary nitrogens is 1. The Bertz CT molecular complexity index is 428. The summed E-state index contributed by atoms with van der Waals surface area (Å²) in [6.07, 6.45) is 6.78. The minimum absolute atomic E-state index is 0.714. The van der Waals surface area contributed by atoms with E-state index < -0.39 is 0 Å². The van der Waals surface area contributed by atoms with Crippen LogP contribution < -0.4 is 19.5 Å². The average molecular weight is 280 g/mol. The fourth-order valence-corrected chi connectivity index (χ4v) is 2.92. The molecule has 20 heavy (non-hydrogen) atoms. The van der Waals surface area contributed by atoms with Crippen LogP contribution in [0.5, 0.6) is 17.2 Å². The molecule has 0 heterocycles. The fraction of sp³-hybridized carbons (Fsp3) is 0.625. The molecule has 1 aromatic rings. The van der Waals surface area contributed by atoms with E-state index in [0.29, 0.717) is 5.75 Å². The Balaban J connectivity index is 2.08. The molecule has 1 aromatic carbocycles. The first kappa shape index (κ1) is 15.0. The summed E-state index contributed by atoms with van der Waals surface area (Å²) in [7, 11) is 5.01. The number of nitrogens with two attached hydrogens (primary N) is 1. The van der Waals surface area contributed by atoms with E-state index in [-0.39, 0.29) is 0 Å². The maximum Gasteiger partial charge on any atom is 0.164 e. The number of benzene rings is 1. The quantitative estimate of drug-likeness (QED) is 0.868. The third kappa shape index (κ3) is 3.57. The van der Waals surface area contributed by atoms with Gasteiger partial charge in [-0.15, -0.1) is 0 Å². The Morgan fingerprint density at radius 1 is 0.900 bits per heavy atom. The first-order chi connectivity index (χ1) is 9.78. The SMILES string of the molecule is COc1cc(OC)c(OC)cc1C[NH2+]C1CCCCC1. The molecule has 1 fully saturated rings. The van der Waals surface area contributed by atoms with Crippen molar-refractivity contribution < 1.29 is 19.5 Å². The smallest absolute Gasteiger partial charge is 0.164 e. The zero-order valence-electron chi connectivity index (χ0n) is 12.8. The lowest BCUT2D eigenvalue weighted by molar-refractivity contribution is -0.706. The van der Waals surface area contributed by atoms with Crippen LogP contribution in [0.3, 0.4) is 0 Å². The summed E-state index contributed by atoms with van der Waals surface area (Å²) in [5.74, 6) is 2.35. The third-order valence-electron chi connectivity index (χ3n) is 4.11. The molecule has 1 aliphatic rings. The van der Waals surface area contributed by atoms with Gasteiger partial charge in [-0.1, -0.05) is 6.42 Å². The van der Waals surface area contributed by atoms with Gasteiger partial charge in [0.15, 0.2) is 11.5 Å². The maximum atomic E-state index is 5.47. The van der Waals surface area contributed by atoms with Gasteiger partial charge in [0.2, 0.25) is 0 Å². The lowest BCUT2D eigenvalue weighted by Gasteiger charge is -2.21. The fourth-order valence-electron chi connectivity index (χ4n) is 2.92. The molecule has 2 rings (SSSR count). The first-order valence-corrected chi connectivity index (χ1v) is 7.40. The Morgan fingerprint density at radius 2 is 1.50 bits per heavy atom. The van der Waals surface area contributed by atoms with E-state index in [1.165, 1.54) is 32.1 Å². The van der Waals surface area contributed by atoms with Gasteiger partial charge < -0.3 is 19.5 Å². The molecule has 0 aromatic heterocycles. The van der Waals surface area contributed by atoms with Crippen molar-refractivity contribution in [2.45, 2.75) is 44.7 Å². The average Bonchev–Trinajstić information content (AvgIpc) is 2.52. The molecule has 1 saturated carbocycles. The van der Waals surface area contributed by atoms with E-state index in [2.05, 4.69) is 5.32 Å². The predicted molar refractivity (Wildman–Crippen MR) is 78.6 cm³/mol. The van der Waals surface area contributed by atoms with Gasteiger partial charge in [-0.3, -0.25) is 0 Å². The van der Waals surface area contributed by atoms with Crippen molar-refractivity contribution in [1.29, 1.82) is 0 Å². The van der Waals surface area contributed by atoms with Crippen molar-refractivity contribution in [2.75, 3.05) is 21.3 Å². The van der Waals surface area contributed by atoms with Crippen LogP contribution in [0.2, 0.25) is 0 Å². The third-order valence-corrected chi connectivity index (χ3v) is 4.11. The zero-order chi connectivity index (χ0) is 14.4. The van der Waals surface area contributed by atoms with Crippen molar-refractivity contribution in [2.24, 2.45) is 0 Å². The molecule has 1 aliphatic carbocycles. The summed E-state index contributed by atoms with van der Waals surface area (Å²) in [6.45, 7) is 0.925. The molecule has 0 aliphatic heterocycles. The molecule has 112 valence electrons. The van der Waals surface area contributed by atoms with E-state index in [9.17, 15) is 0 Å². The second-order valence-corrected chi connectivity index (χ2v) is 5.36. The lowest BCUT2D eigenvalue weighted by atomic mass is 9.95. The molecule has 0 amide bonds. The largest absolute Gasteiger partial charge is 0.496 e. The molecule has 2 N–H and O–H groups in total. The van der Waals surface area contributed by atoms with E-state index in [1.807, 2.05) is 12.1 Å². The second kappa shape index (κ2) is 7.39. The minimum atomic E-state index is 0.714. The maximum absolute atomic E-state index is 5.47. The van der Waals surface area contributed by atoms with Gasteiger partial charge >= 0.3 is 0 Å². The van der Waals surface area contributed by atoms with Crippen LogP contribution >= 0.6 is 0 Å². The van der Waals surface area contributed by atoms with E-state index >= 15 is 0 Å². The summed E-state index contributed by atoms with van der Waals surface area (Å²) in [4.78, 5) is 0. The summed E-state index contributed by atoms with van der Waals surface area (Å²) in [5, 5.41) is 2.43. The highest BCUT2D eigenvalue weighted by molar-refractivity contribution is 5.50. The van der Waals surface area contributed by atoms with E-state index in [0.717, 1.165) is 29.6 Å². The highest BCUT2D eigenvalue weighted by Crippen LogP contribution is 2.34. The number of ether oxygens (including phenoxy) is 3. The molecule has 0 saturated heterocycles.